The maximum Gasteiger partial charge on any atom is 0.310 e. The zero-order valence-corrected chi connectivity index (χ0v) is 15.9. The quantitative estimate of drug-likeness (QED) is 0.539. The predicted octanol–water partition coefficient (Wildman–Crippen LogP) is 2.53. The number of pyridine rings is 1. The van der Waals surface area contributed by atoms with E-state index in [9.17, 15) is 4.79 Å². The molecule has 0 amide bonds. The number of hydrogen-bond acceptors (Lipinski definition) is 7. The van der Waals surface area contributed by atoms with E-state index in [1.54, 1.807) is 16.8 Å². The molecule has 4 heterocycles. The third-order valence-corrected chi connectivity index (χ3v) is 5.43. The van der Waals surface area contributed by atoms with Gasteiger partial charge in [0.25, 0.3) is 0 Å². The highest BCUT2D eigenvalue weighted by Crippen LogP contribution is 2.30. The van der Waals surface area contributed by atoms with Crippen molar-refractivity contribution in [3.05, 3.63) is 48.8 Å². The normalized spacial score (nSPS) is 16.6. The number of methoxy groups -OCH3 is 1. The molecule has 4 aromatic rings. The lowest BCUT2D eigenvalue weighted by Crippen LogP contribution is -2.24. The van der Waals surface area contributed by atoms with E-state index in [0.29, 0.717) is 18.0 Å². The van der Waals surface area contributed by atoms with E-state index >= 15 is 0 Å². The average Bonchev–Trinajstić information content (AvgIpc) is 3.40. The number of esters is 1. The molecule has 0 spiro atoms. The van der Waals surface area contributed by atoms with Gasteiger partial charge in [0.2, 0.25) is 0 Å². The Bertz CT molecular complexity index is 1230. The molecule has 1 unspecified atom stereocenters. The summed E-state index contributed by atoms with van der Waals surface area (Å²) in [6.45, 7) is 1.29. The van der Waals surface area contributed by atoms with Gasteiger partial charge in [-0.3, -0.25) is 9.78 Å². The SMILES string of the molecule is COC(=O)C1CCN(c2cc(N)n3ncc(-c4cnc5ccccc5c4)c3n2)C1. The molecule has 0 radical (unpaired) electrons. The van der Waals surface area contributed by atoms with Gasteiger partial charge in [-0.15, -0.1) is 0 Å². The Morgan fingerprint density at radius 1 is 1.24 bits per heavy atom. The maximum atomic E-state index is 11.9. The number of hydrogen-bond donors (Lipinski definition) is 1. The second-order valence-electron chi connectivity index (χ2n) is 7.20. The number of nitrogens with two attached hydrogens (primary N) is 1. The molecule has 8 heteroatoms. The first-order chi connectivity index (χ1) is 14.1. The Morgan fingerprint density at radius 3 is 2.97 bits per heavy atom. The van der Waals surface area contributed by atoms with Gasteiger partial charge in [-0.2, -0.15) is 9.61 Å². The van der Waals surface area contributed by atoms with Crippen molar-refractivity contribution in [3.63, 3.8) is 0 Å². The van der Waals surface area contributed by atoms with Crippen molar-refractivity contribution in [2.24, 2.45) is 5.92 Å². The van der Waals surface area contributed by atoms with Crippen molar-refractivity contribution < 1.29 is 9.53 Å². The van der Waals surface area contributed by atoms with Crippen LogP contribution in [0, 0.1) is 5.92 Å². The summed E-state index contributed by atoms with van der Waals surface area (Å²) in [5.74, 6) is 0.894. The molecule has 1 saturated heterocycles. The van der Waals surface area contributed by atoms with E-state index in [0.717, 1.165) is 40.8 Å². The summed E-state index contributed by atoms with van der Waals surface area (Å²) in [5.41, 5.74) is 9.64. The third-order valence-electron chi connectivity index (χ3n) is 5.43. The van der Waals surface area contributed by atoms with Crippen molar-refractivity contribution in [3.8, 4) is 11.1 Å². The number of fused-ring (bicyclic) bond motifs is 2. The van der Waals surface area contributed by atoms with Crippen molar-refractivity contribution in [1.29, 1.82) is 0 Å². The second kappa shape index (κ2) is 6.73. The summed E-state index contributed by atoms with van der Waals surface area (Å²) >= 11 is 0. The standard InChI is InChI=1S/C21H20N6O2/c1-29-21(28)14-6-7-26(12-14)19-9-18(22)27-20(25-19)16(11-24-27)15-8-13-4-2-3-5-17(13)23-10-15/h2-5,8-11,14H,6-7,12,22H2,1H3. The van der Waals surface area contributed by atoms with Crippen LogP contribution in [0.4, 0.5) is 11.6 Å². The van der Waals surface area contributed by atoms with Crippen molar-refractivity contribution in [1.82, 2.24) is 19.6 Å². The largest absolute Gasteiger partial charge is 0.469 e. The highest BCUT2D eigenvalue weighted by atomic mass is 16.5. The first-order valence-corrected chi connectivity index (χ1v) is 9.46. The number of nitrogens with zero attached hydrogens (tertiary/aromatic N) is 5. The number of aromatic nitrogens is 4. The van der Waals surface area contributed by atoms with Crippen LogP contribution in [-0.4, -0.2) is 45.8 Å². The molecule has 1 fully saturated rings. The Morgan fingerprint density at radius 2 is 2.10 bits per heavy atom. The number of carbonyl (C=O) groups excluding carboxylic acids is 1. The number of anilines is 2. The summed E-state index contributed by atoms with van der Waals surface area (Å²) in [6, 6.07) is 11.8. The zero-order valence-electron chi connectivity index (χ0n) is 15.9. The molecule has 5 rings (SSSR count). The van der Waals surface area contributed by atoms with Gasteiger partial charge in [-0.1, -0.05) is 18.2 Å². The van der Waals surface area contributed by atoms with Gasteiger partial charge in [0, 0.05) is 41.9 Å². The molecular weight excluding hydrogens is 368 g/mol. The molecular formula is C21H20N6O2. The van der Waals surface area contributed by atoms with Gasteiger partial charge in [-0.25, -0.2) is 4.98 Å². The van der Waals surface area contributed by atoms with Crippen molar-refractivity contribution in [2.75, 3.05) is 30.8 Å². The number of nitrogen functional groups attached to an aromatic ring is 1. The molecule has 1 aliphatic rings. The van der Waals surface area contributed by atoms with E-state index in [-0.39, 0.29) is 11.9 Å². The summed E-state index contributed by atoms with van der Waals surface area (Å²) in [4.78, 5) is 23.3. The lowest BCUT2D eigenvalue weighted by Gasteiger charge is -2.18. The lowest BCUT2D eigenvalue weighted by molar-refractivity contribution is -0.144. The van der Waals surface area contributed by atoms with Crippen molar-refractivity contribution in [2.45, 2.75) is 6.42 Å². The molecule has 1 aliphatic heterocycles. The predicted molar refractivity (Wildman–Crippen MR) is 110 cm³/mol. The van der Waals surface area contributed by atoms with Crippen LogP contribution in [0.2, 0.25) is 0 Å². The van der Waals surface area contributed by atoms with Crippen LogP contribution in [0.3, 0.4) is 0 Å². The summed E-state index contributed by atoms with van der Waals surface area (Å²) in [6.07, 6.45) is 4.32. The number of para-hydroxylation sites is 1. The summed E-state index contributed by atoms with van der Waals surface area (Å²) in [7, 11) is 1.42. The fourth-order valence-electron chi connectivity index (χ4n) is 3.88. The van der Waals surface area contributed by atoms with Gasteiger partial charge in [0.15, 0.2) is 5.65 Å². The van der Waals surface area contributed by atoms with Crippen LogP contribution >= 0.6 is 0 Å². The minimum absolute atomic E-state index is 0.145. The molecule has 1 aromatic carbocycles. The number of carbonyl (C=O) groups is 1. The third kappa shape index (κ3) is 2.93. The highest BCUT2D eigenvalue weighted by Gasteiger charge is 2.30. The molecule has 0 bridgehead atoms. The topological polar surface area (TPSA) is 98.6 Å². The highest BCUT2D eigenvalue weighted by molar-refractivity contribution is 5.87. The Hall–Kier alpha value is -3.68. The number of rotatable bonds is 3. The van der Waals surface area contributed by atoms with Gasteiger partial charge in [0.05, 0.1) is 24.7 Å². The van der Waals surface area contributed by atoms with E-state index < -0.39 is 0 Å². The van der Waals surface area contributed by atoms with E-state index in [4.69, 9.17) is 15.5 Å². The van der Waals surface area contributed by atoms with Gasteiger partial charge >= 0.3 is 5.97 Å². The first kappa shape index (κ1) is 17.4. The minimum atomic E-state index is -0.186. The fraction of sp³-hybridized carbons (Fsp3) is 0.238. The molecule has 29 heavy (non-hydrogen) atoms. The number of benzene rings is 1. The van der Waals surface area contributed by atoms with E-state index in [1.807, 2.05) is 30.5 Å². The first-order valence-electron chi connectivity index (χ1n) is 9.46. The maximum absolute atomic E-state index is 11.9. The Labute approximate surface area is 166 Å². The molecule has 8 nitrogen and oxygen atoms in total. The van der Waals surface area contributed by atoms with Crippen LogP contribution in [0.15, 0.2) is 48.8 Å². The molecule has 1 atom stereocenters. The smallest absolute Gasteiger partial charge is 0.310 e. The summed E-state index contributed by atoms with van der Waals surface area (Å²) < 4.78 is 6.51. The van der Waals surface area contributed by atoms with Crippen LogP contribution in [0.5, 0.6) is 0 Å². The molecule has 0 aliphatic carbocycles. The Kier molecular flexibility index (Phi) is 4.04. The van der Waals surface area contributed by atoms with E-state index in [1.165, 1.54) is 7.11 Å². The van der Waals surface area contributed by atoms with Crippen LogP contribution in [0.25, 0.3) is 27.7 Å². The zero-order chi connectivity index (χ0) is 20.0. The Balaban J connectivity index is 1.56. The molecule has 0 saturated carbocycles. The molecule has 3 aromatic heterocycles. The van der Waals surface area contributed by atoms with Gasteiger partial charge < -0.3 is 15.4 Å². The van der Waals surface area contributed by atoms with Crippen LogP contribution in [0.1, 0.15) is 6.42 Å². The van der Waals surface area contributed by atoms with Gasteiger partial charge in [-0.05, 0) is 18.6 Å². The summed E-state index contributed by atoms with van der Waals surface area (Å²) in [5, 5.41) is 5.46. The van der Waals surface area contributed by atoms with Crippen molar-refractivity contribution >= 4 is 34.2 Å². The molecule has 146 valence electrons. The van der Waals surface area contributed by atoms with Gasteiger partial charge in [0.1, 0.15) is 11.6 Å². The monoisotopic (exact) mass is 388 g/mol. The minimum Gasteiger partial charge on any atom is -0.469 e. The van der Waals surface area contributed by atoms with E-state index in [2.05, 4.69) is 21.0 Å². The second-order valence-corrected chi connectivity index (χ2v) is 7.20. The van der Waals surface area contributed by atoms with Crippen LogP contribution in [-0.2, 0) is 9.53 Å². The number of ether oxygens (including phenoxy) is 1. The lowest BCUT2D eigenvalue weighted by atomic mass is 10.1. The average molecular weight is 388 g/mol. The molecule has 2 N–H and O–H groups in total. The van der Waals surface area contributed by atoms with Crippen LogP contribution < -0.4 is 10.6 Å². The fourth-order valence-corrected chi connectivity index (χ4v) is 3.88.